The second kappa shape index (κ2) is 7.02. The van der Waals surface area contributed by atoms with Gasteiger partial charge in [-0.3, -0.25) is 0 Å². The van der Waals surface area contributed by atoms with Crippen molar-refractivity contribution in [2.24, 2.45) is 0 Å². The maximum absolute atomic E-state index is 10.6. The van der Waals surface area contributed by atoms with Crippen LogP contribution >= 0.6 is 23.8 Å². The van der Waals surface area contributed by atoms with E-state index in [1.54, 1.807) is 17.8 Å². The van der Waals surface area contributed by atoms with Gasteiger partial charge in [0.2, 0.25) is 12.0 Å². The summed E-state index contributed by atoms with van der Waals surface area (Å²) < 4.78 is 36.0. The van der Waals surface area contributed by atoms with E-state index in [9.17, 15) is 14.0 Å². The lowest BCUT2D eigenvalue weighted by molar-refractivity contribution is -1.91. The van der Waals surface area contributed by atoms with Crippen molar-refractivity contribution in [1.29, 1.82) is 0 Å². The van der Waals surface area contributed by atoms with Gasteiger partial charge in [0.1, 0.15) is 3.74 Å². The molecule has 0 fully saturated rings. The van der Waals surface area contributed by atoms with Crippen molar-refractivity contribution in [3.8, 4) is 11.1 Å². The van der Waals surface area contributed by atoms with Gasteiger partial charge in [0.05, 0.1) is 15.1 Å². The molecule has 21 heavy (non-hydrogen) atoms. The fourth-order valence-corrected chi connectivity index (χ4v) is 3.15. The van der Waals surface area contributed by atoms with E-state index in [1.807, 2.05) is 49.6 Å². The molecule has 2 aromatic carbocycles. The Morgan fingerprint density at radius 3 is 2.24 bits per heavy atom. The van der Waals surface area contributed by atoms with Gasteiger partial charge in [0.25, 0.3) is 0 Å². The molecule has 0 aliphatic heterocycles. The topological polar surface area (TPSA) is 78.4 Å². The van der Waals surface area contributed by atoms with Crippen LogP contribution < -0.4 is 14.0 Å². The van der Waals surface area contributed by atoms with Crippen molar-refractivity contribution >= 4 is 23.8 Å². The van der Waals surface area contributed by atoms with E-state index in [4.69, 9.17) is 0 Å². The normalized spacial score (nSPS) is 11.7. The predicted octanol–water partition coefficient (Wildman–Crippen LogP) is 1.30. The molecule has 2 rings (SSSR count). The molecule has 0 saturated carbocycles. The lowest BCUT2D eigenvalue weighted by Crippen LogP contribution is -2.59. The number of benzene rings is 2. The van der Waals surface area contributed by atoms with Crippen molar-refractivity contribution in [2.45, 2.75) is 16.7 Å². The monoisotopic (exact) mass is 344 g/mol. The molecule has 0 bridgehead atoms. The SMILES string of the molecule is CSc1ccc(SO[Cl+3]([O-])([O-])[O-])c(-c2ccc(C)cc2)c1. The summed E-state index contributed by atoms with van der Waals surface area (Å²) in [7, 11) is -4.46. The minimum atomic E-state index is -4.46. The summed E-state index contributed by atoms with van der Waals surface area (Å²) in [5, 5.41) is 0. The summed E-state index contributed by atoms with van der Waals surface area (Å²) in [5.41, 5.74) is 2.89. The molecule has 0 spiro atoms. The standard InChI is InChI=1S/C14H13ClO4S2/c1-10-3-5-11(6-4-10)13-9-12(20-2)7-8-14(13)21-19-15(16,17)18/h3-9H,1-2H3. The van der Waals surface area contributed by atoms with Crippen molar-refractivity contribution in [3.05, 3.63) is 48.0 Å². The summed E-state index contributed by atoms with van der Waals surface area (Å²) >= 11 is 2.13. The van der Waals surface area contributed by atoms with E-state index < -0.39 is 10.2 Å². The molecule has 0 N–H and O–H groups in total. The molecule has 0 amide bonds. The maximum Gasteiger partial charge on any atom is 0.209 e. The minimum Gasteiger partial charge on any atom is -0.182 e. The van der Waals surface area contributed by atoms with Crippen LogP contribution in [0.5, 0.6) is 0 Å². The minimum absolute atomic E-state index is 0.550. The lowest BCUT2D eigenvalue weighted by atomic mass is 10.0. The highest BCUT2D eigenvalue weighted by molar-refractivity contribution is 7.98. The quantitative estimate of drug-likeness (QED) is 0.601. The van der Waals surface area contributed by atoms with Gasteiger partial charge < -0.3 is 0 Å². The van der Waals surface area contributed by atoms with Gasteiger partial charge in [-0.2, -0.15) is 14.0 Å². The number of thioether (sulfide) groups is 1. The van der Waals surface area contributed by atoms with Gasteiger partial charge in [-0.15, -0.1) is 11.8 Å². The number of hydrogen-bond donors (Lipinski definition) is 0. The van der Waals surface area contributed by atoms with Crippen LogP contribution in [0.1, 0.15) is 5.56 Å². The predicted molar refractivity (Wildman–Crippen MR) is 75.3 cm³/mol. The number of aryl methyl sites for hydroxylation is 1. The van der Waals surface area contributed by atoms with Gasteiger partial charge in [0, 0.05) is 4.90 Å². The zero-order valence-corrected chi connectivity index (χ0v) is 13.8. The average Bonchev–Trinajstić information content (AvgIpc) is 2.45. The highest BCUT2D eigenvalue weighted by atomic mass is 35.7. The molecule has 0 saturated heterocycles. The third-order valence-electron chi connectivity index (χ3n) is 2.75. The van der Waals surface area contributed by atoms with Crippen molar-refractivity contribution in [1.82, 2.24) is 0 Å². The first-order valence-electron chi connectivity index (χ1n) is 5.91. The zero-order valence-electron chi connectivity index (χ0n) is 11.4. The smallest absolute Gasteiger partial charge is 0.182 e. The Morgan fingerprint density at radius 1 is 1.00 bits per heavy atom. The van der Waals surface area contributed by atoms with Gasteiger partial charge in [0.15, 0.2) is 0 Å². The third kappa shape index (κ3) is 4.89. The molecular formula is C14H13ClO4S2. The number of halogens is 1. The molecule has 0 aliphatic carbocycles. The van der Waals surface area contributed by atoms with Crippen LogP contribution in [-0.2, 0) is 3.74 Å². The molecule has 0 heterocycles. The Morgan fingerprint density at radius 2 is 1.67 bits per heavy atom. The van der Waals surface area contributed by atoms with Crippen molar-refractivity contribution < 1.29 is 28.0 Å². The van der Waals surface area contributed by atoms with E-state index in [0.29, 0.717) is 16.9 Å². The van der Waals surface area contributed by atoms with Gasteiger partial charge >= 0.3 is 0 Å². The van der Waals surface area contributed by atoms with Crippen LogP contribution in [0.15, 0.2) is 52.3 Å². The summed E-state index contributed by atoms with van der Waals surface area (Å²) in [6, 6.07) is 13.4. The maximum atomic E-state index is 10.6. The Bertz CT molecular complexity index is 611. The number of rotatable bonds is 5. The van der Waals surface area contributed by atoms with Crippen molar-refractivity contribution in [3.63, 3.8) is 0 Å². The molecule has 4 nitrogen and oxygen atoms in total. The summed E-state index contributed by atoms with van der Waals surface area (Å²) in [6.45, 7) is 1.99. The number of hydrogen-bond acceptors (Lipinski definition) is 6. The highest BCUT2D eigenvalue weighted by Crippen LogP contribution is 2.35. The van der Waals surface area contributed by atoms with Crippen molar-refractivity contribution in [2.75, 3.05) is 6.26 Å². The second-order valence-corrected chi connectivity index (χ2v) is 7.00. The summed E-state index contributed by atoms with van der Waals surface area (Å²) in [5.74, 6) is 0. The van der Waals surface area contributed by atoms with E-state index >= 15 is 0 Å². The largest absolute Gasteiger partial charge is 0.209 e. The Labute approximate surface area is 134 Å². The van der Waals surface area contributed by atoms with Crippen LogP contribution in [0.25, 0.3) is 11.1 Å². The third-order valence-corrected chi connectivity index (χ3v) is 4.88. The molecule has 2 aromatic rings. The van der Waals surface area contributed by atoms with Crippen LogP contribution in [0.3, 0.4) is 0 Å². The molecular weight excluding hydrogens is 332 g/mol. The van der Waals surface area contributed by atoms with Crippen LogP contribution in [0, 0.1) is 17.2 Å². The Hall–Kier alpha value is -0.730. The Balaban J connectivity index is 2.38. The molecule has 112 valence electrons. The molecule has 0 radical (unpaired) electrons. The molecule has 0 aromatic heterocycles. The van der Waals surface area contributed by atoms with Crippen LogP contribution in [-0.4, -0.2) is 6.26 Å². The first kappa shape index (κ1) is 16.6. The summed E-state index contributed by atoms with van der Waals surface area (Å²) in [4.78, 5) is 1.61. The van der Waals surface area contributed by atoms with Crippen LogP contribution in [0.2, 0.25) is 0 Å². The van der Waals surface area contributed by atoms with E-state index in [1.165, 1.54) is 0 Å². The summed E-state index contributed by atoms with van der Waals surface area (Å²) in [6.07, 6.45) is 1.96. The van der Waals surface area contributed by atoms with Gasteiger partial charge in [-0.1, -0.05) is 29.8 Å². The first-order valence-corrected chi connectivity index (χ1v) is 9.11. The van der Waals surface area contributed by atoms with E-state index in [0.717, 1.165) is 21.6 Å². The second-order valence-electron chi connectivity index (χ2n) is 4.25. The zero-order chi connectivity index (χ0) is 15.5. The molecule has 0 aliphatic rings. The fraction of sp³-hybridized carbons (Fsp3) is 0.143. The first-order chi connectivity index (χ1) is 9.89. The van der Waals surface area contributed by atoms with E-state index in [-0.39, 0.29) is 0 Å². The lowest BCUT2D eigenvalue weighted by Gasteiger charge is -2.13. The Kier molecular flexibility index (Phi) is 5.56. The van der Waals surface area contributed by atoms with Crippen LogP contribution in [0.4, 0.5) is 0 Å². The van der Waals surface area contributed by atoms with Gasteiger partial charge in [-0.05, 0) is 42.5 Å². The average molecular weight is 345 g/mol. The molecule has 0 atom stereocenters. The molecule has 0 unspecified atom stereocenters. The fourth-order valence-electron chi connectivity index (χ4n) is 1.74. The van der Waals surface area contributed by atoms with Gasteiger partial charge in [-0.25, -0.2) is 0 Å². The molecule has 7 heteroatoms. The van der Waals surface area contributed by atoms with E-state index in [2.05, 4.69) is 3.74 Å². The highest BCUT2D eigenvalue weighted by Gasteiger charge is 2.22.